The van der Waals surface area contributed by atoms with E-state index in [1.165, 1.54) is 40.5 Å². The third-order valence-electron chi connectivity index (χ3n) is 4.52. The number of fused-ring (bicyclic) bond motifs is 1. The van der Waals surface area contributed by atoms with Crippen LogP contribution in [-0.4, -0.2) is 25.6 Å². The zero-order valence-corrected chi connectivity index (χ0v) is 17.6. The smallest absolute Gasteiger partial charge is 0.261 e. The topological polar surface area (TPSA) is 67.3 Å². The van der Waals surface area contributed by atoms with Gasteiger partial charge in [-0.1, -0.05) is 53.8 Å². The van der Waals surface area contributed by atoms with Crippen molar-refractivity contribution in [1.29, 1.82) is 0 Å². The Labute approximate surface area is 177 Å². The maximum Gasteiger partial charge on any atom is 0.261 e. The van der Waals surface area contributed by atoms with E-state index in [0.717, 1.165) is 11.8 Å². The summed E-state index contributed by atoms with van der Waals surface area (Å²) in [6.07, 6.45) is 1.07. The van der Waals surface area contributed by atoms with Crippen molar-refractivity contribution in [1.82, 2.24) is 4.98 Å². The van der Waals surface area contributed by atoms with Crippen LogP contribution in [0.2, 0.25) is 0 Å². The van der Waals surface area contributed by atoms with Crippen molar-refractivity contribution in [2.45, 2.75) is 11.4 Å². The summed E-state index contributed by atoms with van der Waals surface area (Å²) < 4.78 is 38.7. The second-order valence-electron chi connectivity index (χ2n) is 6.75. The minimum absolute atomic E-state index is 0.0415. The van der Waals surface area contributed by atoms with Gasteiger partial charge in [0.1, 0.15) is 5.82 Å². The number of benzene rings is 3. The first-order valence-corrected chi connectivity index (χ1v) is 11.7. The van der Waals surface area contributed by atoms with E-state index in [4.69, 9.17) is 0 Å². The molecule has 1 aromatic heterocycles. The van der Waals surface area contributed by atoms with Gasteiger partial charge in [-0.05, 0) is 35.9 Å². The van der Waals surface area contributed by atoms with Gasteiger partial charge in [0.15, 0.2) is 15.0 Å². The number of aromatic nitrogens is 1. The van der Waals surface area contributed by atoms with Crippen LogP contribution in [0.25, 0.3) is 10.2 Å². The van der Waals surface area contributed by atoms with E-state index in [1.54, 1.807) is 18.2 Å². The van der Waals surface area contributed by atoms with E-state index in [9.17, 15) is 17.6 Å². The van der Waals surface area contributed by atoms with Gasteiger partial charge in [-0.25, -0.2) is 17.8 Å². The summed E-state index contributed by atoms with van der Waals surface area (Å²) in [5.41, 5.74) is 1.49. The van der Waals surface area contributed by atoms with Gasteiger partial charge in [0.2, 0.25) is 0 Å². The summed E-state index contributed by atoms with van der Waals surface area (Å²) >= 11 is 1.18. The number of hydrogen-bond donors (Lipinski definition) is 0. The molecule has 0 aliphatic rings. The number of thiazole rings is 1. The lowest BCUT2D eigenvalue weighted by molar-refractivity contribution is 0.0982. The van der Waals surface area contributed by atoms with Crippen LogP contribution in [-0.2, 0) is 16.4 Å². The molecule has 0 unspecified atom stereocenters. The average Bonchev–Trinajstić information content (AvgIpc) is 3.14. The summed E-state index contributed by atoms with van der Waals surface area (Å²) in [7, 11) is -3.61. The zero-order chi connectivity index (χ0) is 21.3. The highest BCUT2D eigenvalue weighted by Crippen LogP contribution is 2.32. The molecule has 3 aromatic carbocycles. The summed E-state index contributed by atoms with van der Waals surface area (Å²) in [4.78, 5) is 19.4. The number of amides is 1. The minimum Gasteiger partial charge on any atom is -0.279 e. The monoisotopic (exact) mass is 440 g/mol. The molecule has 0 fully saturated rings. The Kier molecular flexibility index (Phi) is 5.36. The van der Waals surface area contributed by atoms with Gasteiger partial charge in [-0.15, -0.1) is 0 Å². The molecular formula is C22H17FN2O3S2. The Morgan fingerprint density at radius 2 is 1.73 bits per heavy atom. The lowest BCUT2D eigenvalue weighted by Gasteiger charge is -2.21. The molecule has 4 aromatic rings. The summed E-state index contributed by atoms with van der Waals surface area (Å²) in [6.45, 7) is 0.195. The maximum absolute atomic E-state index is 13.6. The molecule has 4 rings (SSSR count). The highest BCUT2D eigenvalue weighted by atomic mass is 32.2. The highest BCUT2D eigenvalue weighted by Gasteiger charge is 2.26. The predicted molar refractivity (Wildman–Crippen MR) is 116 cm³/mol. The molecule has 1 heterocycles. The standard InChI is InChI=1S/C22H17FN2O3S2/c1-30(27,28)20-10-6-5-9-17(20)21(26)25(14-15-7-3-2-4-8-15)22-24-18-12-11-16(23)13-19(18)29-22/h2-13H,14H2,1H3. The third kappa shape index (κ3) is 4.10. The maximum atomic E-state index is 13.6. The van der Waals surface area contributed by atoms with Crippen LogP contribution >= 0.6 is 11.3 Å². The minimum atomic E-state index is -3.61. The fraction of sp³-hybridized carbons (Fsp3) is 0.0909. The summed E-state index contributed by atoms with van der Waals surface area (Å²) in [6, 6.07) is 19.7. The van der Waals surface area contributed by atoms with Crippen LogP contribution in [0.15, 0.2) is 77.7 Å². The van der Waals surface area contributed by atoms with Crippen molar-refractivity contribution in [3.8, 4) is 0 Å². The van der Waals surface area contributed by atoms with Crippen molar-refractivity contribution < 1.29 is 17.6 Å². The van der Waals surface area contributed by atoms with E-state index in [2.05, 4.69) is 4.98 Å². The Morgan fingerprint density at radius 1 is 1.03 bits per heavy atom. The molecule has 0 radical (unpaired) electrons. The quantitative estimate of drug-likeness (QED) is 0.452. The Bertz CT molecular complexity index is 1340. The number of anilines is 1. The van der Waals surface area contributed by atoms with Crippen molar-refractivity contribution in [2.75, 3.05) is 11.2 Å². The second kappa shape index (κ2) is 7.97. The molecule has 0 atom stereocenters. The first-order valence-electron chi connectivity index (χ1n) is 9.04. The normalized spacial score (nSPS) is 11.5. The number of carbonyl (C=O) groups excluding carboxylic acids is 1. The molecule has 30 heavy (non-hydrogen) atoms. The SMILES string of the molecule is CS(=O)(=O)c1ccccc1C(=O)N(Cc1ccccc1)c1nc2ccc(F)cc2s1. The molecular weight excluding hydrogens is 423 g/mol. The number of sulfone groups is 1. The molecule has 5 nitrogen and oxygen atoms in total. The van der Waals surface area contributed by atoms with Gasteiger partial charge >= 0.3 is 0 Å². The van der Waals surface area contributed by atoms with Gasteiger partial charge in [-0.2, -0.15) is 0 Å². The van der Waals surface area contributed by atoms with E-state index >= 15 is 0 Å². The fourth-order valence-electron chi connectivity index (χ4n) is 3.11. The summed E-state index contributed by atoms with van der Waals surface area (Å²) in [5, 5.41) is 0.368. The van der Waals surface area contributed by atoms with Crippen LogP contribution in [0.4, 0.5) is 9.52 Å². The average molecular weight is 441 g/mol. The van der Waals surface area contributed by atoms with Crippen molar-refractivity contribution in [3.63, 3.8) is 0 Å². The van der Waals surface area contributed by atoms with Gasteiger partial charge in [0, 0.05) is 6.26 Å². The lowest BCUT2D eigenvalue weighted by atomic mass is 10.1. The third-order valence-corrected chi connectivity index (χ3v) is 6.71. The Hall–Kier alpha value is -3.10. The number of carbonyl (C=O) groups is 1. The predicted octanol–water partition coefficient (Wildman–Crippen LogP) is 4.69. The van der Waals surface area contributed by atoms with Crippen molar-refractivity contribution >= 4 is 42.4 Å². The van der Waals surface area contributed by atoms with E-state index in [1.807, 2.05) is 30.3 Å². The number of rotatable bonds is 5. The molecule has 0 saturated heterocycles. The van der Waals surface area contributed by atoms with Crippen LogP contribution in [0, 0.1) is 5.82 Å². The van der Waals surface area contributed by atoms with Crippen LogP contribution in [0.3, 0.4) is 0 Å². The first-order chi connectivity index (χ1) is 14.3. The second-order valence-corrected chi connectivity index (χ2v) is 9.75. The van der Waals surface area contributed by atoms with Gasteiger partial charge in [0.05, 0.1) is 27.2 Å². The van der Waals surface area contributed by atoms with E-state index in [-0.39, 0.29) is 22.8 Å². The molecule has 0 aliphatic heterocycles. The number of halogens is 1. The van der Waals surface area contributed by atoms with Crippen molar-refractivity contribution in [2.24, 2.45) is 0 Å². The molecule has 0 bridgehead atoms. The molecule has 0 aliphatic carbocycles. The molecule has 0 spiro atoms. The lowest BCUT2D eigenvalue weighted by Crippen LogP contribution is -2.31. The zero-order valence-electron chi connectivity index (χ0n) is 15.9. The first kappa shape index (κ1) is 20.2. The van der Waals surface area contributed by atoms with E-state index < -0.39 is 15.7 Å². The van der Waals surface area contributed by atoms with E-state index in [0.29, 0.717) is 15.3 Å². The van der Waals surface area contributed by atoms with Crippen LogP contribution < -0.4 is 4.90 Å². The van der Waals surface area contributed by atoms with Gasteiger partial charge in [0.25, 0.3) is 5.91 Å². The summed E-state index contributed by atoms with van der Waals surface area (Å²) in [5.74, 6) is -0.875. The molecule has 0 N–H and O–H groups in total. The Morgan fingerprint density at radius 3 is 2.47 bits per heavy atom. The van der Waals surface area contributed by atoms with Crippen LogP contribution in [0.1, 0.15) is 15.9 Å². The molecule has 0 saturated carbocycles. The number of nitrogens with zero attached hydrogens (tertiary/aromatic N) is 2. The number of hydrogen-bond acceptors (Lipinski definition) is 5. The van der Waals surface area contributed by atoms with Gasteiger partial charge in [-0.3, -0.25) is 9.69 Å². The highest BCUT2D eigenvalue weighted by molar-refractivity contribution is 7.90. The molecule has 152 valence electrons. The molecule has 8 heteroatoms. The van der Waals surface area contributed by atoms with Gasteiger partial charge < -0.3 is 0 Å². The largest absolute Gasteiger partial charge is 0.279 e. The van der Waals surface area contributed by atoms with Crippen LogP contribution in [0.5, 0.6) is 0 Å². The fourth-order valence-corrected chi connectivity index (χ4v) is 4.97. The molecule has 1 amide bonds. The Balaban J connectivity index is 1.84. The van der Waals surface area contributed by atoms with Crippen molar-refractivity contribution in [3.05, 3.63) is 89.7 Å².